The second-order valence-corrected chi connectivity index (χ2v) is 8.50. The normalized spacial score (nSPS) is 13.1. The van der Waals surface area contributed by atoms with E-state index in [2.05, 4.69) is 30.5 Å². The van der Waals surface area contributed by atoms with E-state index >= 15 is 0 Å². The van der Waals surface area contributed by atoms with Crippen molar-refractivity contribution in [1.82, 2.24) is 39.7 Å². The molecule has 0 bridgehead atoms. The molecule has 3 N–H and O–H groups in total. The molecule has 5 heterocycles. The quantitative estimate of drug-likeness (QED) is 0.358. The van der Waals surface area contributed by atoms with Crippen molar-refractivity contribution < 1.29 is 13.6 Å². The van der Waals surface area contributed by atoms with Crippen molar-refractivity contribution in [3.63, 3.8) is 0 Å². The number of nitrogens with one attached hydrogen (secondary N) is 1. The number of rotatable bonds is 6. The molecular weight excluding hydrogens is 477 g/mol. The molecule has 12 heteroatoms. The number of halogens is 1. The minimum atomic E-state index is -1.35. The van der Waals surface area contributed by atoms with Gasteiger partial charge in [-0.05, 0) is 36.8 Å². The van der Waals surface area contributed by atoms with Crippen LogP contribution in [0.5, 0.6) is 0 Å². The smallest absolute Gasteiger partial charge is 0.252 e. The maximum atomic E-state index is 13.8. The molecule has 37 heavy (non-hydrogen) atoms. The first-order chi connectivity index (χ1) is 17.9. The van der Waals surface area contributed by atoms with Crippen LogP contribution in [0, 0.1) is 5.82 Å². The fraction of sp³-hybridized carbons (Fsp3) is 0.120. The molecule has 6 rings (SSSR count). The number of pyridine rings is 1. The van der Waals surface area contributed by atoms with E-state index in [9.17, 15) is 9.18 Å². The largest absolute Gasteiger partial charge is 0.461 e. The van der Waals surface area contributed by atoms with Gasteiger partial charge in [0.05, 0.1) is 30.1 Å². The van der Waals surface area contributed by atoms with Crippen LogP contribution in [0.3, 0.4) is 0 Å². The van der Waals surface area contributed by atoms with Crippen molar-refractivity contribution in [2.45, 2.75) is 19.0 Å². The highest BCUT2D eigenvalue weighted by molar-refractivity contribution is 5.94. The highest BCUT2D eigenvalue weighted by Gasteiger charge is 2.40. The number of nitrogens with two attached hydrogens (primary N) is 1. The second kappa shape index (κ2) is 8.52. The Kier molecular flexibility index (Phi) is 5.14. The van der Waals surface area contributed by atoms with Gasteiger partial charge in [0.25, 0.3) is 5.91 Å². The van der Waals surface area contributed by atoms with E-state index in [-0.39, 0.29) is 12.5 Å². The molecule has 0 spiro atoms. The van der Waals surface area contributed by atoms with Crippen molar-refractivity contribution in [2.75, 3.05) is 5.73 Å². The molecule has 1 aromatic carbocycles. The number of hydrogen-bond acceptors (Lipinski definition) is 8. The third-order valence-corrected chi connectivity index (χ3v) is 6.18. The summed E-state index contributed by atoms with van der Waals surface area (Å²) in [4.78, 5) is 27.0. The highest BCUT2D eigenvalue weighted by atomic mass is 19.1. The summed E-state index contributed by atoms with van der Waals surface area (Å²) in [5.41, 5.74) is 6.70. The number of nitrogen functional groups attached to an aromatic ring is 1. The summed E-state index contributed by atoms with van der Waals surface area (Å²) >= 11 is 0. The molecular formula is C25H20FN9O2. The summed E-state index contributed by atoms with van der Waals surface area (Å²) in [6, 6.07) is 15.1. The van der Waals surface area contributed by atoms with Gasteiger partial charge in [0.1, 0.15) is 5.82 Å². The van der Waals surface area contributed by atoms with Gasteiger partial charge in [-0.25, -0.2) is 14.1 Å². The van der Waals surface area contributed by atoms with Crippen LogP contribution < -0.4 is 11.1 Å². The third kappa shape index (κ3) is 3.66. The zero-order valence-electron chi connectivity index (χ0n) is 19.5. The van der Waals surface area contributed by atoms with E-state index in [1.807, 2.05) is 30.3 Å². The first kappa shape index (κ1) is 22.3. The maximum Gasteiger partial charge on any atom is 0.252 e. The maximum absolute atomic E-state index is 13.8. The van der Waals surface area contributed by atoms with E-state index in [0.717, 1.165) is 0 Å². The van der Waals surface area contributed by atoms with E-state index in [1.165, 1.54) is 33.8 Å². The summed E-state index contributed by atoms with van der Waals surface area (Å²) in [5, 5.41) is 12.4. The molecule has 11 nitrogen and oxygen atoms in total. The summed E-state index contributed by atoms with van der Waals surface area (Å²) in [5.74, 6) is 0.0455. The monoisotopic (exact) mass is 497 g/mol. The van der Waals surface area contributed by atoms with Crippen molar-refractivity contribution in [2.24, 2.45) is 0 Å². The Balaban J connectivity index is 1.48. The molecule has 184 valence electrons. The predicted octanol–water partition coefficient (Wildman–Crippen LogP) is 2.93. The van der Waals surface area contributed by atoms with Gasteiger partial charge in [0, 0.05) is 6.20 Å². The van der Waals surface area contributed by atoms with Gasteiger partial charge in [0.15, 0.2) is 22.6 Å². The van der Waals surface area contributed by atoms with Gasteiger partial charge >= 0.3 is 0 Å². The summed E-state index contributed by atoms with van der Waals surface area (Å²) in [7, 11) is 0. The average Bonchev–Trinajstić information content (AvgIpc) is 3.67. The fourth-order valence-corrected chi connectivity index (χ4v) is 4.25. The van der Waals surface area contributed by atoms with Crippen molar-refractivity contribution >= 4 is 28.5 Å². The lowest BCUT2D eigenvalue weighted by Crippen LogP contribution is -2.48. The van der Waals surface area contributed by atoms with E-state index in [1.54, 1.807) is 25.3 Å². The Morgan fingerprint density at radius 2 is 1.97 bits per heavy atom. The molecule has 0 unspecified atom stereocenters. The lowest BCUT2D eigenvalue weighted by Gasteiger charge is -2.29. The predicted molar refractivity (Wildman–Crippen MR) is 131 cm³/mol. The molecule has 0 aliphatic carbocycles. The fourth-order valence-electron chi connectivity index (χ4n) is 4.25. The summed E-state index contributed by atoms with van der Waals surface area (Å²) < 4.78 is 22.0. The minimum Gasteiger partial charge on any atom is -0.461 e. The lowest BCUT2D eigenvalue weighted by atomic mass is 9.91. The average molecular weight is 497 g/mol. The SMILES string of the molecule is C[C@](C(=O)NCc1cc(F)ccn1)(c1ccccc1)n1ncc2c1nc(N)n1nc(-c3ccco3)nc21. The first-order valence-corrected chi connectivity index (χ1v) is 11.3. The number of hydrogen-bond donors (Lipinski definition) is 2. The van der Waals surface area contributed by atoms with E-state index in [0.29, 0.717) is 39.5 Å². The molecule has 1 atom stereocenters. The Bertz CT molecular complexity index is 1740. The number of anilines is 1. The zero-order valence-corrected chi connectivity index (χ0v) is 19.5. The number of carbonyl (C=O) groups is 1. The molecule has 0 radical (unpaired) electrons. The zero-order chi connectivity index (χ0) is 25.6. The van der Waals surface area contributed by atoms with Crippen molar-refractivity contribution in [1.29, 1.82) is 0 Å². The molecule has 0 aliphatic rings. The molecule has 6 aromatic rings. The topological polar surface area (TPSA) is 142 Å². The van der Waals surface area contributed by atoms with Crippen LogP contribution in [0.15, 0.2) is 77.7 Å². The highest BCUT2D eigenvalue weighted by Crippen LogP contribution is 2.31. The van der Waals surface area contributed by atoms with E-state index in [4.69, 9.17) is 10.2 Å². The Labute approximate surface area is 208 Å². The van der Waals surface area contributed by atoms with Crippen LogP contribution in [0.4, 0.5) is 10.3 Å². The standard InChI is InChI=1S/C25H20FN9O2/c1-25(15-6-3-2-4-7-15,23(36)29-13-17-12-16(26)9-10-28-17)35-22-18(14-30-35)21-31-20(19-8-5-11-37-19)33-34(21)24(27)32-22/h2-12,14H,13H2,1H3,(H2,27,32)(H,29,36)/t25-/m1/s1. The first-order valence-electron chi connectivity index (χ1n) is 11.3. The third-order valence-electron chi connectivity index (χ3n) is 6.18. The van der Waals surface area contributed by atoms with Gasteiger partial charge < -0.3 is 15.5 Å². The molecule has 0 saturated heterocycles. The Morgan fingerprint density at radius 1 is 1.14 bits per heavy atom. The van der Waals surface area contributed by atoms with Crippen LogP contribution in [-0.4, -0.2) is 40.3 Å². The van der Waals surface area contributed by atoms with Crippen molar-refractivity contribution in [3.8, 4) is 11.6 Å². The van der Waals surface area contributed by atoms with Crippen LogP contribution in [0.25, 0.3) is 28.3 Å². The van der Waals surface area contributed by atoms with Gasteiger partial charge in [-0.3, -0.25) is 9.78 Å². The van der Waals surface area contributed by atoms with E-state index < -0.39 is 17.3 Å². The second-order valence-electron chi connectivity index (χ2n) is 8.50. The summed E-state index contributed by atoms with van der Waals surface area (Å²) in [6.07, 6.45) is 4.45. The molecule has 0 fully saturated rings. The van der Waals surface area contributed by atoms with Gasteiger partial charge in [-0.1, -0.05) is 30.3 Å². The van der Waals surface area contributed by atoms with Crippen LogP contribution in [-0.2, 0) is 16.9 Å². The van der Waals surface area contributed by atoms with Crippen LogP contribution in [0.2, 0.25) is 0 Å². The van der Waals surface area contributed by atoms with Crippen molar-refractivity contribution in [3.05, 3.63) is 90.3 Å². The molecule has 5 aromatic heterocycles. The summed E-state index contributed by atoms with van der Waals surface area (Å²) in [6.45, 7) is 1.75. The Morgan fingerprint density at radius 3 is 2.73 bits per heavy atom. The lowest BCUT2D eigenvalue weighted by molar-refractivity contribution is -0.127. The molecule has 1 amide bonds. The minimum absolute atomic E-state index is 0.0225. The number of nitrogens with zero attached hydrogens (tertiary/aromatic N) is 7. The van der Waals surface area contributed by atoms with Gasteiger partial charge in [0.2, 0.25) is 11.8 Å². The number of amides is 1. The molecule has 0 saturated carbocycles. The molecule has 0 aliphatic heterocycles. The number of furan rings is 1. The number of carbonyl (C=O) groups excluding carboxylic acids is 1. The number of benzene rings is 1. The number of aromatic nitrogens is 7. The number of fused-ring (bicyclic) bond motifs is 3. The Hall–Kier alpha value is -5.13. The van der Waals surface area contributed by atoms with Crippen LogP contribution in [0.1, 0.15) is 18.2 Å². The van der Waals surface area contributed by atoms with Crippen LogP contribution >= 0.6 is 0 Å². The van der Waals surface area contributed by atoms with Gasteiger partial charge in [-0.15, -0.1) is 5.10 Å². The van der Waals surface area contributed by atoms with Gasteiger partial charge in [-0.2, -0.15) is 14.6 Å².